The topological polar surface area (TPSA) is 81.0 Å². The van der Waals surface area contributed by atoms with E-state index in [2.05, 4.69) is 0 Å². The van der Waals surface area contributed by atoms with Crippen molar-refractivity contribution in [3.05, 3.63) is 10.1 Å². The minimum absolute atomic E-state index is 0. The Bertz CT molecular complexity index is 18.3. The summed E-state index contributed by atoms with van der Waals surface area (Å²) in [6, 6.07) is 0. The van der Waals surface area contributed by atoms with E-state index in [-0.39, 0.29) is 54.5 Å². The van der Waals surface area contributed by atoms with Gasteiger partial charge in [0.15, 0.2) is 0 Å². The van der Waals surface area contributed by atoms with Crippen molar-refractivity contribution in [2.45, 2.75) is 0 Å². The maximum atomic E-state index is 8.00. The van der Waals surface area contributed by atoms with Gasteiger partial charge in [-0.25, -0.2) is 0 Å². The Morgan fingerprint density at radius 1 is 1.50 bits per heavy atom. The summed E-state index contributed by atoms with van der Waals surface area (Å²) < 4.78 is 0. The molecule has 0 bridgehead atoms. The molecule has 4 nitrogen and oxygen atoms in total. The number of hydrogen-bond donors (Lipinski definition) is 0. The van der Waals surface area contributed by atoms with Gasteiger partial charge in [0, 0.05) is 0 Å². The Morgan fingerprint density at radius 2 is 1.50 bits per heavy atom. The number of nitrogens with zero attached hydrogens (tertiary/aromatic N) is 1. The van der Waals surface area contributed by atoms with Crippen molar-refractivity contribution in [3.8, 4) is 0 Å². The maximum Gasteiger partial charge on any atom is 2.00 e. The SMILES string of the molecule is O=N[O-].[Na+].[O-2].[Zn+2]. The van der Waals surface area contributed by atoms with Gasteiger partial charge in [0.05, 0.1) is 0 Å². The van der Waals surface area contributed by atoms with Crippen LogP contribution in [-0.4, -0.2) is 0 Å². The first-order valence-corrected chi connectivity index (χ1v) is 0.365. The molecule has 0 atom stereocenters. The molecule has 0 aliphatic heterocycles. The van der Waals surface area contributed by atoms with Gasteiger partial charge in [0.2, 0.25) is 0 Å². The summed E-state index contributed by atoms with van der Waals surface area (Å²) in [5.41, 5.74) is 0. The molecule has 0 unspecified atom stereocenters. The van der Waals surface area contributed by atoms with Crippen LogP contribution in [0, 0.1) is 10.1 Å². The first kappa shape index (κ1) is 28.1. The van der Waals surface area contributed by atoms with Crippen LogP contribution in [0.25, 0.3) is 0 Å². The molecule has 0 aromatic rings. The molecule has 0 aromatic heterocycles. The van der Waals surface area contributed by atoms with Crippen LogP contribution in [0.1, 0.15) is 0 Å². The van der Waals surface area contributed by atoms with Gasteiger partial charge < -0.3 is 15.6 Å². The molecular weight excluding hydrogens is 150 g/mol. The molecule has 0 aliphatic rings. The minimum atomic E-state index is 0. The summed E-state index contributed by atoms with van der Waals surface area (Å²) in [4.78, 5) is 8.00. The zero-order valence-electron chi connectivity index (χ0n) is 3.38. The first-order valence-electron chi connectivity index (χ1n) is 0.365. The molecule has 0 amide bonds. The molecule has 26 valence electrons. The Labute approximate surface area is 69.6 Å². The fourth-order valence-electron chi connectivity index (χ4n) is 0. The molecule has 0 rings (SSSR count). The van der Waals surface area contributed by atoms with E-state index in [1.54, 1.807) is 0 Å². The van der Waals surface area contributed by atoms with Crippen molar-refractivity contribution < 1.29 is 54.5 Å². The second-order valence-electron chi connectivity index (χ2n) is 0.0745. The van der Waals surface area contributed by atoms with Gasteiger partial charge in [-0.2, -0.15) is 0 Å². The third kappa shape index (κ3) is 81.8. The van der Waals surface area contributed by atoms with Crippen molar-refractivity contribution >= 4 is 0 Å². The van der Waals surface area contributed by atoms with Gasteiger partial charge in [-0.1, -0.05) is 0 Å². The predicted octanol–water partition coefficient (Wildman–Crippen LogP) is -2.87. The van der Waals surface area contributed by atoms with Crippen molar-refractivity contribution in [3.63, 3.8) is 0 Å². The maximum absolute atomic E-state index is 8.00. The van der Waals surface area contributed by atoms with Crippen LogP contribution in [0.15, 0.2) is 5.34 Å². The van der Waals surface area contributed by atoms with Crippen LogP contribution in [0.3, 0.4) is 0 Å². The first-order chi connectivity index (χ1) is 1.41. The van der Waals surface area contributed by atoms with Crippen molar-refractivity contribution in [1.82, 2.24) is 0 Å². The van der Waals surface area contributed by atoms with Gasteiger partial charge >= 0.3 is 49.0 Å². The molecule has 0 heterocycles. The second-order valence-corrected chi connectivity index (χ2v) is 0.0745. The molecule has 0 aliphatic carbocycles. The van der Waals surface area contributed by atoms with Crippen LogP contribution in [0.5, 0.6) is 0 Å². The monoisotopic (exact) mass is 149 g/mol. The summed E-state index contributed by atoms with van der Waals surface area (Å²) in [7, 11) is 0. The molecule has 0 radical (unpaired) electrons. The molecule has 0 saturated carbocycles. The fourth-order valence-corrected chi connectivity index (χ4v) is 0. The Kier molecular flexibility index (Phi) is 177. The standard InChI is InChI=1S/HNO2.Na.O.Zn/c2-1-3;;;/h(H,2,3);;;/q;+1;-2;+2/p-1. The second kappa shape index (κ2) is 37.8. The van der Waals surface area contributed by atoms with Gasteiger partial charge in [-0.3, -0.25) is 0 Å². The Morgan fingerprint density at radius 3 is 1.50 bits per heavy atom. The van der Waals surface area contributed by atoms with Gasteiger partial charge in [-0.05, 0) is 0 Å². The van der Waals surface area contributed by atoms with Gasteiger partial charge in [-0.15, -0.1) is 5.34 Å². The van der Waals surface area contributed by atoms with Crippen LogP contribution in [0.2, 0.25) is 0 Å². The average molecular weight is 150 g/mol. The van der Waals surface area contributed by atoms with E-state index in [0.29, 0.717) is 0 Å². The van der Waals surface area contributed by atoms with E-state index in [1.165, 1.54) is 0 Å². The minimum Gasteiger partial charge on any atom is -2.00 e. The summed E-state index contributed by atoms with van der Waals surface area (Å²) in [6.45, 7) is 0. The molecule has 0 fully saturated rings. The molecule has 6 heavy (non-hydrogen) atoms. The summed E-state index contributed by atoms with van der Waals surface area (Å²) >= 11 is 0. The van der Waals surface area contributed by atoms with Crippen molar-refractivity contribution in [2.75, 3.05) is 0 Å². The quantitative estimate of drug-likeness (QED) is 0.211. The normalized spacial score (nSPS) is 2.00. The van der Waals surface area contributed by atoms with E-state index in [9.17, 15) is 0 Å². The van der Waals surface area contributed by atoms with E-state index in [4.69, 9.17) is 10.1 Å². The predicted molar refractivity (Wildman–Crippen MR) is 9.85 cm³/mol. The van der Waals surface area contributed by atoms with E-state index in [0.717, 1.165) is 5.34 Å². The van der Waals surface area contributed by atoms with Crippen LogP contribution in [-0.2, 0) is 25.0 Å². The van der Waals surface area contributed by atoms with Gasteiger partial charge in [0.1, 0.15) is 0 Å². The third-order valence-corrected chi connectivity index (χ3v) is 0. The van der Waals surface area contributed by atoms with Crippen LogP contribution in [0.4, 0.5) is 0 Å². The van der Waals surface area contributed by atoms with Crippen LogP contribution >= 0.6 is 0 Å². The fraction of sp³-hybridized carbons (Fsp3) is 0. The summed E-state index contributed by atoms with van der Waals surface area (Å²) in [5.74, 6) is 0. The zero-order valence-corrected chi connectivity index (χ0v) is 8.35. The Balaban J connectivity index is -0.00000000667. The molecule has 6 heteroatoms. The summed E-state index contributed by atoms with van der Waals surface area (Å²) in [5, 5.41) is 9.00. The molecular formula is NNaO3Zn. The Hall–Kier alpha value is 0.983. The summed E-state index contributed by atoms with van der Waals surface area (Å²) in [6.07, 6.45) is 0. The number of rotatable bonds is 0. The third-order valence-electron chi connectivity index (χ3n) is 0. The molecule has 0 saturated heterocycles. The van der Waals surface area contributed by atoms with Crippen molar-refractivity contribution in [2.24, 2.45) is 5.34 Å². The van der Waals surface area contributed by atoms with Gasteiger partial charge in [0.25, 0.3) is 0 Å². The van der Waals surface area contributed by atoms with Crippen molar-refractivity contribution in [1.29, 1.82) is 0 Å². The molecule has 0 N–H and O–H groups in total. The van der Waals surface area contributed by atoms with E-state index >= 15 is 0 Å². The zero-order chi connectivity index (χ0) is 2.71. The smallest absolute Gasteiger partial charge is 2.00 e. The number of hydrogen-bond acceptors (Lipinski definition) is 3. The van der Waals surface area contributed by atoms with E-state index in [1.807, 2.05) is 0 Å². The van der Waals surface area contributed by atoms with Crippen LogP contribution < -0.4 is 29.6 Å². The molecule has 0 spiro atoms. The average Bonchev–Trinajstić information content (AvgIpc) is 0.918. The van der Waals surface area contributed by atoms with E-state index < -0.39 is 0 Å². The molecule has 0 aromatic carbocycles. The largest absolute Gasteiger partial charge is 2.00 e.